The zero-order valence-electron chi connectivity index (χ0n) is 16.8. The third-order valence-corrected chi connectivity index (χ3v) is 5.19. The number of halogens is 1. The van der Waals surface area contributed by atoms with Crippen LogP contribution in [0.3, 0.4) is 0 Å². The number of carbonyl (C=O) groups is 3. The van der Waals surface area contributed by atoms with E-state index in [0.717, 1.165) is 10.5 Å². The Bertz CT molecular complexity index is 979. The van der Waals surface area contributed by atoms with Gasteiger partial charge < -0.3 is 20.1 Å². The van der Waals surface area contributed by atoms with E-state index in [1.807, 2.05) is 0 Å². The van der Waals surface area contributed by atoms with E-state index >= 15 is 0 Å². The van der Waals surface area contributed by atoms with E-state index in [4.69, 9.17) is 21.1 Å². The molecule has 4 amide bonds. The van der Waals surface area contributed by atoms with Gasteiger partial charge in [0.05, 0.1) is 14.2 Å². The number of rotatable bonds is 7. The smallest absolute Gasteiger partial charge is 0.325 e. The van der Waals surface area contributed by atoms with Gasteiger partial charge in [0.1, 0.15) is 12.1 Å². The molecule has 0 aromatic heterocycles. The molecule has 2 aromatic carbocycles. The van der Waals surface area contributed by atoms with E-state index in [1.54, 1.807) is 49.4 Å². The number of nitrogens with zero attached hydrogens (tertiary/aromatic N) is 1. The highest BCUT2D eigenvalue weighted by Crippen LogP contribution is 2.35. The predicted octanol–water partition coefficient (Wildman–Crippen LogP) is 2.44. The van der Waals surface area contributed by atoms with E-state index in [1.165, 1.54) is 14.2 Å². The minimum absolute atomic E-state index is 0.257. The molecular weight excluding hydrogens is 410 g/mol. The van der Waals surface area contributed by atoms with Crippen molar-refractivity contribution in [3.05, 3.63) is 58.6 Å². The van der Waals surface area contributed by atoms with Gasteiger partial charge in [0.15, 0.2) is 11.5 Å². The lowest BCUT2D eigenvalue weighted by Gasteiger charge is -2.23. The Morgan fingerprint density at radius 1 is 1.10 bits per heavy atom. The Hall–Kier alpha value is -3.26. The second-order valence-corrected chi connectivity index (χ2v) is 7.36. The van der Waals surface area contributed by atoms with Crippen molar-refractivity contribution < 1.29 is 23.9 Å². The molecule has 0 radical (unpaired) electrons. The van der Waals surface area contributed by atoms with Crippen LogP contribution in [0.15, 0.2) is 42.5 Å². The summed E-state index contributed by atoms with van der Waals surface area (Å²) in [5.41, 5.74) is 0.0373. The van der Waals surface area contributed by atoms with Gasteiger partial charge in [0.2, 0.25) is 5.91 Å². The maximum atomic E-state index is 13.0. The summed E-state index contributed by atoms with van der Waals surface area (Å²) in [6.45, 7) is 1.45. The van der Waals surface area contributed by atoms with Gasteiger partial charge in [-0.3, -0.25) is 14.5 Å². The largest absolute Gasteiger partial charge is 0.493 e. The van der Waals surface area contributed by atoms with Crippen molar-refractivity contribution in [2.45, 2.75) is 19.0 Å². The van der Waals surface area contributed by atoms with E-state index in [-0.39, 0.29) is 13.1 Å². The Balaban J connectivity index is 1.70. The van der Waals surface area contributed by atoms with Crippen molar-refractivity contribution in [3.63, 3.8) is 0 Å². The lowest BCUT2D eigenvalue weighted by atomic mass is 9.91. The fourth-order valence-corrected chi connectivity index (χ4v) is 3.31. The molecule has 1 aliphatic heterocycles. The van der Waals surface area contributed by atoms with Crippen molar-refractivity contribution in [2.24, 2.45) is 0 Å². The summed E-state index contributed by atoms with van der Waals surface area (Å²) in [5.74, 6) is -0.0520. The Morgan fingerprint density at radius 2 is 1.77 bits per heavy atom. The van der Waals surface area contributed by atoms with Crippen LogP contribution in [0.1, 0.15) is 18.1 Å². The topological polar surface area (TPSA) is 97.0 Å². The molecule has 9 heteroatoms. The molecule has 2 aromatic rings. The van der Waals surface area contributed by atoms with Crippen molar-refractivity contribution in [3.8, 4) is 11.5 Å². The lowest BCUT2D eigenvalue weighted by molar-refractivity contribution is -0.134. The van der Waals surface area contributed by atoms with Crippen molar-refractivity contribution in [2.75, 3.05) is 20.8 Å². The van der Waals surface area contributed by atoms with E-state index < -0.39 is 23.4 Å². The summed E-state index contributed by atoms with van der Waals surface area (Å²) in [6.07, 6.45) is 0. The molecule has 1 fully saturated rings. The first-order valence-corrected chi connectivity index (χ1v) is 9.54. The van der Waals surface area contributed by atoms with Gasteiger partial charge in [-0.05, 0) is 42.3 Å². The molecule has 0 aliphatic carbocycles. The highest BCUT2D eigenvalue weighted by atomic mass is 35.5. The van der Waals surface area contributed by atoms with Crippen LogP contribution < -0.4 is 20.1 Å². The molecule has 2 N–H and O–H groups in total. The monoisotopic (exact) mass is 431 g/mol. The molecule has 0 saturated carbocycles. The quantitative estimate of drug-likeness (QED) is 0.656. The Morgan fingerprint density at radius 3 is 2.40 bits per heavy atom. The molecule has 1 atom stereocenters. The molecule has 1 saturated heterocycles. The maximum absolute atomic E-state index is 13.0. The average Bonchev–Trinajstić information content (AvgIpc) is 2.96. The highest BCUT2D eigenvalue weighted by molar-refractivity contribution is 6.30. The second-order valence-electron chi connectivity index (χ2n) is 6.92. The molecule has 8 nitrogen and oxygen atoms in total. The fraction of sp³-hybridized carbons (Fsp3) is 0.286. The number of hydrogen-bond acceptors (Lipinski definition) is 5. The van der Waals surface area contributed by atoms with Crippen molar-refractivity contribution in [1.82, 2.24) is 15.5 Å². The third-order valence-electron chi connectivity index (χ3n) is 4.94. The van der Waals surface area contributed by atoms with Gasteiger partial charge in [-0.2, -0.15) is 0 Å². The third kappa shape index (κ3) is 4.18. The van der Waals surface area contributed by atoms with Crippen LogP contribution in [-0.2, 0) is 21.7 Å². The molecular formula is C21H22ClN3O5. The Labute approximate surface area is 179 Å². The van der Waals surface area contributed by atoms with E-state index in [2.05, 4.69) is 10.6 Å². The fourth-order valence-electron chi connectivity index (χ4n) is 3.19. The van der Waals surface area contributed by atoms with Gasteiger partial charge in [0.25, 0.3) is 5.91 Å². The first-order valence-electron chi connectivity index (χ1n) is 9.16. The van der Waals surface area contributed by atoms with Crippen LogP contribution in [0, 0.1) is 0 Å². The number of urea groups is 1. The Kier molecular flexibility index (Phi) is 6.17. The summed E-state index contributed by atoms with van der Waals surface area (Å²) in [4.78, 5) is 38.7. The van der Waals surface area contributed by atoms with Crippen LogP contribution in [-0.4, -0.2) is 43.5 Å². The maximum Gasteiger partial charge on any atom is 0.325 e. The van der Waals surface area contributed by atoms with Crippen LogP contribution >= 0.6 is 11.6 Å². The molecule has 158 valence electrons. The minimum Gasteiger partial charge on any atom is -0.493 e. The number of imide groups is 1. The molecule has 3 rings (SSSR count). The number of methoxy groups -OCH3 is 2. The summed E-state index contributed by atoms with van der Waals surface area (Å²) in [5, 5.41) is 5.96. The standard InChI is InChI=1S/C21H22ClN3O5/c1-21(14-6-9-16(29-2)17(10-14)30-3)19(27)25(20(28)24-21)12-18(26)23-11-13-4-7-15(22)8-5-13/h4-10H,11-12H2,1-3H3,(H,23,26)(H,24,28)/t21-/m1/s1. The molecule has 0 unspecified atom stereocenters. The van der Waals surface area contributed by atoms with Gasteiger partial charge in [0, 0.05) is 11.6 Å². The number of amides is 4. The van der Waals surface area contributed by atoms with Gasteiger partial charge in [-0.25, -0.2) is 4.79 Å². The number of ether oxygens (including phenoxy) is 2. The van der Waals surface area contributed by atoms with Gasteiger partial charge in [-0.1, -0.05) is 29.8 Å². The molecule has 1 aliphatic rings. The van der Waals surface area contributed by atoms with Crippen LogP contribution in [0.25, 0.3) is 0 Å². The zero-order chi connectivity index (χ0) is 21.9. The van der Waals surface area contributed by atoms with Crippen LogP contribution in [0.5, 0.6) is 11.5 Å². The zero-order valence-corrected chi connectivity index (χ0v) is 17.6. The highest BCUT2D eigenvalue weighted by Gasteiger charge is 2.49. The summed E-state index contributed by atoms with van der Waals surface area (Å²) < 4.78 is 10.5. The SMILES string of the molecule is COc1ccc([C@@]2(C)NC(=O)N(CC(=O)NCc3ccc(Cl)cc3)C2=O)cc1OC. The summed E-state index contributed by atoms with van der Waals surface area (Å²) >= 11 is 5.84. The number of hydrogen-bond donors (Lipinski definition) is 2. The predicted molar refractivity (Wildman–Crippen MR) is 110 cm³/mol. The van der Waals surface area contributed by atoms with Crippen LogP contribution in [0.2, 0.25) is 5.02 Å². The first kappa shape index (κ1) is 21.4. The number of carbonyl (C=O) groups excluding carboxylic acids is 3. The van der Waals surface area contributed by atoms with Crippen molar-refractivity contribution >= 4 is 29.4 Å². The number of benzene rings is 2. The molecule has 1 heterocycles. The normalized spacial score (nSPS) is 18.2. The molecule has 30 heavy (non-hydrogen) atoms. The van der Waals surface area contributed by atoms with E-state index in [0.29, 0.717) is 22.1 Å². The van der Waals surface area contributed by atoms with Gasteiger partial charge in [-0.15, -0.1) is 0 Å². The van der Waals surface area contributed by atoms with Crippen molar-refractivity contribution in [1.29, 1.82) is 0 Å². The molecule has 0 spiro atoms. The van der Waals surface area contributed by atoms with Crippen LogP contribution in [0.4, 0.5) is 4.79 Å². The van der Waals surface area contributed by atoms with Gasteiger partial charge >= 0.3 is 6.03 Å². The second kappa shape index (κ2) is 8.62. The lowest BCUT2D eigenvalue weighted by Crippen LogP contribution is -2.43. The summed E-state index contributed by atoms with van der Waals surface area (Å²) in [6, 6.07) is 11.3. The first-order chi connectivity index (χ1) is 14.3. The number of nitrogens with one attached hydrogen (secondary N) is 2. The average molecular weight is 432 g/mol. The minimum atomic E-state index is -1.33. The summed E-state index contributed by atoms with van der Waals surface area (Å²) in [7, 11) is 2.99. The van der Waals surface area contributed by atoms with E-state index in [9.17, 15) is 14.4 Å². The molecule has 0 bridgehead atoms.